The lowest BCUT2D eigenvalue weighted by molar-refractivity contribution is -0.136. The van der Waals surface area contributed by atoms with Crippen LogP contribution in [0.1, 0.15) is 54.9 Å². The molecular weight excluding hydrogens is 492 g/mol. The molecule has 4 aromatic carbocycles. The molecule has 0 aliphatic rings. The van der Waals surface area contributed by atoms with Crippen molar-refractivity contribution in [2.24, 2.45) is 0 Å². The van der Waals surface area contributed by atoms with Crippen LogP contribution in [0.2, 0.25) is 0 Å². The maximum Gasteiger partial charge on any atom is 0.234 e. The topological polar surface area (TPSA) is 40.6 Å². The summed E-state index contributed by atoms with van der Waals surface area (Å²) < 4.78 is 0. The minimum atomic E-state index is -0.412. The summed E-state index contributed by atoms with van der Waals surface area (Å²) in [5.74, 6) is -0.305. The Morgan fingerprint density at radius 2 is 1.12 bits per heavy atom. The molecule has 206 valence electrons. The lowest BCUT2D eigenvalue weighted by Crippen LogP contribution is -2.44. The molecule has 0 saturated carbocycles. The predicted octanol–water partition coefficient (Wildman–Crippen LogP) is 7.11. The van der Waals surface area contributed by atoms with E-state index in [0.29, 0.717) is 19.6 Å². The highest BCUT2D eigenvalue weighted by Crippen LogP contribution is 2.28. The molecule has 0 aliphatic heterocycles. The molecule has 1 atom stereocenters. The van der Waals surface area contributed by atoms with E-state index < -0.39 is 5.92 Å². The minimum Gasteiger partial charge on any atom is -0.339 e. The first kappa shape index (κ1) is 28.8. The van der Waals surface area contributed by atoms with Crippen LogP contribution in [-0.2, 0) is 22.6 Å². The average Bonchev–Trinajstić information content (AvgIpc) is 3.01. The third-order valence-corrected chi connectivity index (χ3v) is 7.57. The van der Waals surface area contributed by atoms with Crippen molar-refractivity contribution in [3.8, 4) is 0 Å². The Bertz CT molecular complexity index is 1270. The zero-order valence-corrected chi connectivity index (χ0v) is 23.7. The molecule has 0 spiro atoms. The molecule has 4 nitrogen and oxygen atoms in total. The molecule has 0 heterocycles. The highest BCUT2D eigenvalue weighted by Gasteiger charge is 2.30. The van der Waals surface area contributed by atoms with Crippen LogP contribution >= 0.6 is 0 Å². The summed E-state index contributed by atoms with van der Waals surface area (Å²) in [7, 11) is 0. The number of nitrogens with zero attached hydrogens (tertiary/aromatic N) is 2. The van der Waals surface area contributed by atoms with Crippen molar-refractivity contribution in [3.05, 3.63) is 144 Å². The van der Waals surface area contributed by atoms with Crippen LogP contribution in [-0.4, -0.2) is 40.7 Å². The van der Waals surface area contributed by atoms with E-state index in [9.17, 15) is 9.59 Å². The summed E-state index contributed by atoms with van der Waals surface area (Å²) >= 11 is 0. The minimum absolute atomic E-state index is 0.0158. The van der Waals surface area contributed by atoms with Gasteiger partial charge in [-0.25, -0.2) is 0 Å². The summed E-state index contributed by atoms with van der Waals surface area (Å²) in [6.45, 7) is 5.74. The van der Waals surface area contributed by atoms with E-state index in [1.807, 2.05) is 107 Å². The quantitative estimate of drug-likeness (QED) is 0.184. The van der Waals surface area contributed by atoms with Gasteiger partial charge in [-0.3, -0.25) is 9.59 Å². The second kappa shape index (κ2) is 14.8. The van der Waals surface area contributed by atoms with Gasteiger partial charge in [0.05, 0.1) is 5.92 Å². The maximum atomic E-state index is 14.2. The molecule has 0 aromatic heterocycles. The SMILES string of the molecule is CCC(C)N(CCC(=O)N(CCc1ccccc1)Cc1ccccc1)C(=O)C(c1ccccc1)c1ccccc1. The smallest absolute Gasteiger partial charge is 0.234 e. The first-order valence-electron chi connectivity index (χ1n) is 14.3. The lowest BCUT2D eigenvalue weighted by atomic mass is 9.89. The molecule has 40 heavy (non-hydrogen) atoms. The van der Waals surface area contributed by atoms with E-state index in [1.54, 1.807) is 0 Å². The number of hydrogen-bond acceptors (Lipinski definition) is 2. The van der Waals surface area contributed by atoms with Gasteiger partial charge in [-0.2, -0.15) is 0 Å². The van der Waals surface area contributed by atoms with Crippen LogP contribution in [0, 0.1) is 0 Å². The number of carbonyl (C=O) groups excluding carboxylic acids is 2. The monoisotopic (exact) mass is 532 g/mol. The van der Waals surface area contributed by atoms with Crippen molar-refractivity contribution in [2.75, 3.05) is 13.1 Å². The molecule has 2 amide bonds. The van der Waals surface area contributed by atoms with Crippen molar-refractivity contribution in [1.29, 1.82) is 0 Å². The summed E-state index contributed by atoms with van der Waals surface area (Å²) in [4.78, 5) is 31.8. The van der Waals surface area contributed by atoms with E-state index in [-0.39, 0.29) is 24.3 Å². The second-order valence-corrected chi connectivity index (χ2v) is 10.3. The maximum absolute atomic E-state index is 14.2. The highest BCUT2D eigenvalue weighted by molar-refractivity contribution is 5.88. The van der Waals surface area contributed by atoms with Crippen molar-refractivity contribution in [2.45, 2.75) is 51.6 Å². The fourth-order valence-electron chi connectivity index (χ4n) is 5.08. The van der Waals surface area contributed by atoms with Crippen LogP contribution in [0.25, 0.3) is 0 Å². The average molecular weight is 533 g/mol. The first-order valence-corrected chi connectivity index (χ1v) is 14.3. The van der Waals surface area contributed by atoms with Gasteiger partial charge in [0, 0.05) is 32.1 Å². The van der Waals surface area contributed by atoms with Crippen LogP contribution in [0.4, 0.5) is 0 Å². The standard InChI is InChI=1S/C36H40N2O2/c1-3-29(2)38(36(40)35(32-20-12-6-13-21-32)33-22-14-7-15-23-33)27-25-34(39)37(28-31-18-10-5-11-19-31)26-24-30-16-8-4-9-17-30/h4-23,29,35H,3,24-28H2,1-2H3. The Labute approximate surface area is 239 Å². The number of hydrogen-bond donors (Lipinski definition) is 0. The van der Waals surface area contributed by atoms with Crippen LogP contribution < -0.4 is 0 Å². The zero-order chi connectivity index (χ0) is 28.2. The van der Waals surface area contributed by atoms with E-state index in [4.69, 9.17) is 0 Å². The molecule has 4 rings (SSSR count). The fraction of sp³-hybridized carbons (Fsp3) is 0.278. The van der Waals surface area contributed by atoms with Crippen molar-refractivity contribution >= 4 is 11.8 Å². The number of benzene rings is 4. The highest BCUT2D eigenvalue weighted by atomic mass is 16.2. The van der Waals surface area contributed by atoms with Crippen molar-refractivity contribution < 1.29 is 9.59 Å². The number of amides is 2. The zero-order valence-electron chi connectivity index (χ0n) is 23.7. The molecule has 0 bridgehead atoms. The van der Waals surface area contributed by atoms with E-state index in [2.05, 4.69) is 38.1 Å². The van der Waals surface area contributed by atoms with E-state index in [0.717, 1.165) is 29.5 Å². The van der Waals surface area contributed by atoms with Gasteiger partial charge < -0.3 is 9.80 Å². The molecule has 0 fully saturated rings. The molecule has 4 heteroatoms. The van der Waals surface area contributed by atoms with E-state index >= 15 is 0 Å². The molecule has 0 radical (unpaired) electrons. The summed E-state index contributed by atoms with van der Waals surface area (Å²) in [6.07, 6.45) is 1.89. The molecule has 4 aromatic rings. The van der Waals surface area contributed by atoms with Gasteiger partial charge >= 0.3 is 0 Å². The largest absolute Gasteiger partial charge is 0.339 e. The summed E-state index contributed by atoms with van der Waals surface area (Å²) in [6, 6.07) is 40.3. The van der Waals surface area contributed by atoms with Crippen LogP contribution in [0.5, 0.6) is 0 Å². The Morgan fingerprint density at radius 1 is 0.650 bits per heavy atom. The normalized spacial score (nSPS) is 11.7. The third kappa shape index (κ3) is 7.92. The Morgan fingerprint density at radius 3 is 1.62 bits per heavy atom. The van der Waals surface area contributed by atoms with Gasteiger partial charge in [0.25, 0.3) is 0 Å². The Balaban J connectivity index is 1.53. The van der Waals surface area contributed by atoms with Crippen molar-refractivity contribution in [1.82, 2.24) is 9.80 Å². The Kier molecular flexibility index (Phi) is 10.7. The molecule has 0 aliphatic carbocycles. The van der Waals surface area contributed by atoms with Gasteiger partial charge in [0.2, 0.25) is 11.8 Å². The van der Waals surface area contributed by atoms with Gasteiger partial charge in [0.1, 0.15) is 0 Å². The third-order valence-electron chi connectivity index (χ3n) is 7.57. The number of carbonyl (C=O) groups is 2. The predicted molar refractivity (Wildman–Crippen MR) is 163 cm³/mol. The molecule has 0 saturated heterocycles. The van der Waals surface area contributed by atoms with Crippen LogP contribution in [0.3, 0.4) is 0 Å². The molecule has 0 N–H and O–H groups in total. The summed E-state index contributed by atoms with van der Waals surface area (Å²) in [5.41, 5.74) is 4.24. The molecule has 1 unspecified atom stereocenters. The van der Waals surface area contributed by atoms with Crippen LogP contribution in [0.15, 0.2) is 121 Å². The van der Waals surface area contributed by atoms with E-state index in [1.165, 1.54) is 5.56 Å². The number of rotatable bonds is 13. The van der Waals surface area contributed by atoms with Gasteiger partial charge in [-0.1, -0.05) is 128 Å². The lowest BCUT2D eigenvalue weighted by Gasteiger charge is -2.33. The van der Waals surface area contributed by atoms with Gasteiger partial charge in [-0.05, 0) is 42.0 Å². The first-order chi connectivity index (χ1) is 19.6. The summed E-state index contributed by atoms with van der Waals surface area (Å²) in [5, 5.41) is 0. The van der Waals surface area contributed by atoms with Gasteiger partial charge in [-0.15, -0.1) is 0 Å². The fourth-order valence-corrected chi connectivity index (χ4v) is 5.08. The second-order valence-electron chi connectivity index (χ2n) is 10.3. The van der Waals surface area contributed by atoms with Gasteiger partial charge in [0.15, 0.2) is 0 Å². The van der Waals surface area contributed by atoms with Crippen molar-refractivity contribution in [3.63, 3.8) is 0 Å². The Hall–Kier alpha value is -4.18. The molecular formula is C36H40N2O2.